The highest BCUT2D eigenvalue weighted by Crippen LogP contribution is 2.30. The molecule has 0 aliphatic carbocycles. The molecule has 0 radical (unpaired) electrons. The van der Waals surface area contributed by atoms with Gasteiger partial charge in [-0.15, -0.1) is 0 Å². The second-order valence-electron chi connectivity index (χ2n) is 5.85. The van der Waals surface area contributed by atoms with Crippen LogP contribution in [0.25, 0.3) is 0 Å². The number of nitrogens with zero attached hydrogens (tertiary/aromatic N) is 1. The Labute approximate surface area is 147 Å². The standard InChI is InChI=1S/C18H20N2O4S/c1-25(22,23)20-11-9-14-13-15(7-8-17(14)20)18(21)19-10-12-24-16-5-3-2-4-6-16/h2-8,13H,9-12H2,1H3,(H,19,21). The molecule has 1 aliphatic heterocycles. The van der Waals surface area contributed by atoms with Gasteiger partial charge in [-0.3, -0.25) is 9.10 Å². The van der Waals surface area contributed by atoms with Crippen LogP contribution in [-0.4, -0.2) is 40.3 Å². The van der Waals surface area contributed by atoms with E-state index in [2.05, 4.69) is 5.32 Å². The summed E-state index contributed by atoms with van der Waals surface area (Å²) in [4.78, 5) is 12.2. The minimum Gasteiger partial charge on any atom is -0.492 e. The van der Waals surface area contributed by atoms with Crippen LogP contribution < -0.4 is 14.4 Å². The lowest BCUT2D eigenvalue weighted by Crippen LogP contribution is -2.28. The van der Waals surface area contributed by atoms with Crippen LogP contribution in [0.1, 0.15) is 15.9 Å². The Kier molecular flexibility index (Phi) is 4.94. The van der Waals surface area contributed by atoms with E-state index in [0.29, 0.717) is 37.4 Å². The number of ether oxygens (including phenoxy) is 1. The average Bonchev–Trinajstić information content (AvgIpc) is 3.03. The summed E-state index contributed by atoms with van der Waals surface area (Å²) in [6.45, 7) is 1.19. The molecule has 0 fully saturated rings. The van der Waals surface area contributed by atoms with Crippen molar-refractivity contribution in [2.45, 2.75) is 6.42 Å². The predicted octanol–water partition coefficient (Wildman–Crippen LogP) is 1.82. The van der Waals surface area contributed by atoms with Crippen molar-refractivity contribution >= 4 is 21.6 Å². The van der Waals surface area contributed by atoms with Gasteiger partial charge in [0.1, 0.15) is 12.4 Å². The number of nitrogens with one attached hydrogen (secondary N) is 1. The molecule has 0 saturated carbocycles. The largest absolute Gasteiger partial charge is 0.492 e. The molecule has 0 aromatic heterocycles. The number of carbonyl (C=O) groups excluding carboxylic acids is 1. The van der Waals surface area contributed by atoms with Gasteiger partial charge in [-0.25, -0.2) is 8.42 Å². The summed E-state index contributed by atoms with van der Waals surface area (Å²) >= 11 is 0. The molecule has 0 unspecified atom stereocenters. The van der Waals surface area contributed by atoms with Gasteiger partial charge in [0.15, 0.2) is 0 Å². The van der Waals surface area contributed by atoms with Crippen LogP contribution in [0.3, 0.4) is 0 Å². The van der Waals surface area contributed by atoms with Crippen molar-refractivity contribution < 1.29 is 17.9 Å². The maximum Gasteiger partial charge on any atom is 0.251 e. The van der Waals surface area contributed by atoms with Gasteiger partial charge < -0.3 is 10.1 Å². The highest BCUT2D eigenvalue weighted by molar-refractivity contribution is 7.92. The zero-order chi connectivity index (χ0) is 17.9. The van der Waals surface area contributed by atoms with Crippen molar-refractivity contribution in [3.63, 3.8) is 0 Å². The van der Waals surface area contributed by atoms with E-state index < -0.39 is 10.0 Å². The third-order valence-electron chi connectivity index (χ3n) is 3.99. The zero-order valence-corrected chi connectivity index (χ0v) is 14.8. The van der Waals surface area contributed by atoms with E-state index in [0.717, 1.165) is 11.3 Å². The summed E-state index contributed by atoms with van der Waals surface area (Å²) < 4.78 is 30.4. The van der Waals surface area contributed by atoms with Gasteiger partial charge in [-0.2, -0.15) is 0 Å². The molecule has 0 atom stereocenters. The second kappa shape index (κ2) is 7.14. The van der Waals surface area contributed by atoms with Crippen molar-refractivity contribution in [1.82, 2.24) is 5.32 Å². The Hall–Kier alpha value is -2.54. The fourth-order valence-corrected chi connectivity index (χ4v) is 3.77. The molecule has 132 valence electrons. The van der Waals surface area contributed by atoms with Crippen LogP contribution in [0.5, 0.6) is 5.75 Å². The predicted molar refractivity (Wildman–Crippen MR) is 96.6 cm³/mol. The number of fused-ring (bicyclic) bond motifs is 1. The first kappa shape index (κ1) is 17.3. The summed E-state index contributed by atoms with van der Waals surface area (Å²) in [6.07, 6.45) is 1.80. The fraction of sp³-hybridized carbons (Fsp3) is 0.278. The van der Waals surface area contributed by atoms with Crippen molar-refractivity contribution in [1.29, 1.82) is 0 Å². The first-order valence-corrected chi connectivity index (χ1v) is 9.87. The van der Waals surface area contributed by atoms with E-state index in [1.807, 2.05) is 30.3 Å². The van der Waals surface area contributed by atoms with Crippen molar-refractivity contribution in [2.75, 3.05) is 30.3 Å². The molecule has 25 heavy (non-hydrogen) atoms. The van der Waals surface area contributed by atoms with Crippen LogP contribution in [0.15, 0.2) is 48.5 Å². The minimum atomic E-state index is -3.28. The number of hydrogen-bond acceptors (Lipinski definition) is 4. The van der Waals surface area contributed by atoms with E-state index in [-0.39, 0.29) is 5.91 Å². The van der Waals surface area contributed by atoms with Crippen LogP contribution in [0.4, 0.5) is 5.69 Å². The summed E-state index contributed by atoms with van der Waals surface area (Å²) in [5.41, 5.74) is 2.05. The maximum absolute atomic E-state index is 12.2. The Morgan fingerprint density at radius 1 is 1.20 bits per heavy atom. The van der Waals surface area contributed by atoms with E-state index in [4.69, 9.17) is 4.74 Å². The molecule has 0 bridgehead atoms. The molecule has 1 heterocycles. The zero-order valence-electron chi connectivity index (χ0n) is 13.9. The van der Waals surface area contributed by atoms with Gasteiger partial charge in [0.2, 0.25) is 10.0 Å². The first-order chi connectivity index (χ1) is 11.9. The number of anilines is 1. The van der Waals surface area contributed by atoms with Crippen LogP contribution in [-0.2, 0) is 16.4 Å². The summed E-state index contributed by atoms with van der Waals surface area (Å²) in [6, 6.07) is 14.5. The van der Waals surface area contributed by atoms with E-state index in [1.54, 1.807) is 18.2 Å². The number of carbonyl (C=O) groups is 1. The molecule has 7 heteroatoms. The quantitative estimate of drug-likeness (QED) is 0.798. The Morgan fingerprint density at radius 2 is 1.96 bits per heavy atom. The number of para-hydroxylation sites is 1. The van der Waals surface area contributed by atoms with Crippen molar-refractivity contribution in [3.05, 3.63) is 59.7 Å². The number of sulfonamides is 1. The van der Waals surface area contributed by atoms with Gasteiger partial charge in [-0.1, -0.05) is 18.2 Å². The van der Waals surface area contributed by atoms with Gasteiger partial charge in [-0.05, 0) is 42.3 Å². The SMILES string of the molecule is CS(=O)(=O)N1CCc2cc(C(=O)NCCOc3ccccc3)ccc21. The van der Waals surface area contributed by atoms with Gasteiger partial charge in [0.25, 0.3) is 5.91 Å². The number of hydrogen-bond donors (Lipinski definition) is 1. The van der Waals surface area contributed by atoms with E-state index in [1.165, 1.54) is 10.6 Å². The number of amides is 1. The molecule has 0 saturated heterocycles. The lowest BCUT2D eigenvalue weighted by atomic mass is 10.1. The molecule has 0 spiro atoms. The normalized spacial score (nSPS) is 13.4. The molecule has 2 aromatic carbocycles. The van der Waals surface area contributed by atoms with Crippen LogP contribution in [0.2, 0.25) is 0 Å². The molecule has 3 rings (SSSR count). The number of rotatable bonds is 6. The average molecular weight is 360 g/mol. The third kappa shape index (κ3) is 4.11. The molecular formula is C18H20N2O4S. The van der Waals surface area contributed by atoms with Crippen molar-refractivity contribution in [2.24, 2.45) is 0 Å². The Morgan fingerprint density at radius 3 is 2.68 bits per heavy atom. The monoisotopic (exact) mass is 360 g/mol. The topological polar surface area (TPSA) is 75.7 Å². The summed E-state index contributed by atoms with van der Waals surface area (Å²) in [5.74, 6) is 0.562. The second-order valence-corrected chi connectivity index (χ2v) is 7.75. The highest BCUT2D eigenvalue weighted by atomic mass is 32.2. The maximum atomic E-state index is 12.2. The Balaban J connectivity index is 1.57. The minimum absolute atomic E-state index is 0.197. The first-order valence-electron chi connectivity index (χ1n) is 8.02. The molecular weight excluding hydrogens is 340 g/mol. The molecule has 6 nitrogen and oxygen atoms in total. The van der Waals surface area contributed by atoms with Crippen LogP contribution in [0, 0.1) is 0 Å². The summed E-state index contributed by atoms with van der Waals surface area (Å²) in [5, 5.41) is 2.81. The molecule has 1 amide bonds. The van der Waals surface area contributed by atoms with Gasteiger partial charge >= 0.3 is 0 Å². The van der Waals surface area contributed by atoms with Gasteiger partial charge in [0.05, 0.1) is 18.5 Å². The fourth-order valence-electron chi connectivity index (χ4n) is 2.81. The smallest absolute Gasteiger partial charge is 0.251 e. The summed E-state index contributed by atoms with van der Waals surface area (Å²) in [7, 11) is -3.28. The highest BCUT2D eigenvalue weighted by Gasteiger charge is 2.26. The van der Waals surface area contributed by atoms with Crippen LogP contribution >= 0.6 is 0 Å². The molecule has 1 N–H and O–H groups in total. The van der Waals surface area contributed by atoms with Gasteiger partial charge in [0, 0.05) is 12.1 Å². The van der Waals surface area contributed by atoms with Crippen molar-refractivity contribution in [3.8, 4) is 5.75 Å². The Bertz CT molecular complexity index is 866. The number of benzene rings is 2. The third-order valence-corrected chi connectivity index (χ3v) is 5.17. The molecule has 1 aliphatic rings. The lowest BCUT2D eigenvalue weighted by molar-refractivity contribution is 0.0947. The van der Waals surface area contributed by atoms with E-state index >= 15 is 0 Å². The van der Waals surface area contributed by atoms with E-state index in [9.17, 15) is 13.2 Å². The molecule has 2 aromatic rings. The lowest BCUT2D eigenvalue weighted by Gasteiger charge is -2.16.